The Hall–Kier alpha value is -1.44. The molecule has 0 heterocycles. The van der Waals surface area contributed by atoms with E-state index in [1.807, 2.05) is 0 Å². The molecule has 2 atom stereocenters. The lowest BCUT2D eigenvalue weighted by molar-refractivity contribution is -0.147. The van der Waals surface area contributed by atoms with E-state index in [4.69, 9.17) is 10.2 Å². The average molecular weight is 319 g/mol. The maximum Gasteiger partial charge on any atom is 0.337 e. The summed E-state index contributed by atoms with van der Waals surface area (Å²) in [4.78, 5) is 21.3. The monoisotopic (exact) mass is 318 g/mol. The molecule has 1 aromatic carbocycles. The van der Waals surface area contributed by atoms with Crippen molar-refractivity contribution in [1.29, 1.82) is 0 Å². The molecular formula is C11H11BrO6. The van der Waals surface area contributed by atoms with Crippen LogP contribution in [-0.2, 0) is 14.9 Å². The van der Waals surface area contributed by atoms with Gasteiger partial charge in [-0.2, -0.15) is 0 Å². The van der Waals surface area contributed by atoms with Gasteiger partial charge in [-0.05, 0) is 22.8 Å². The number of carboxylic acids is 2. The van der Waals surface area contributed by atoms with Crippen LogP contribution in [0, 0.1) is 0 Å². The van der Waals surface area contributed by atoms with E-state index in [9.17, 15) is 19.8 Å². The number of halogens is 1. The first kappa shape index (κ1) is 14.6. The molecule has 0 aliphatic heterocycles. The number of carbonyl (C=O) groups is 2. The van der Waals surface area contributed by atoms with Gasteiger partial charge in [0.25, 0.3) is 0 Å². The number of rotatable bonds is 5. The highest BCUT2D eigenvalue weighted by Gasteiger charge is 2.21. The standard InChI is InChI=1S/C11H11BrO6/c12-4-5-1-6(8(13)10(15)16)3-7(2-5)9(14)11(17)18/h1-3,8-9,13-14H,4H2,(H,15,16)(H,17,18). The largest absolute Gasteiger partial charge is 0.479 e. The van der Waals surface area contributed by atoms with E-state index in [0.717, 1.165) is 6.07 Å². The summed E-state index contributed by atoms with van der Waals surface area (Å²) in [5.74, 6) is -2.89. The molecule has 1 aromatic rings. The van der Waals surface area contributed by atoms with Gasteiger partial charge in [0, 0.05) is 5.33 Å². The molecular weight excluding hydrogens is 308 g/mol. The van der Waals surface area contributed by atoms with E-state index in [-0.39, 0.29) is 11.1 Å². The normalized spacial score (nSPS) is 13.9. The molecule has 0 bridgehead atoms. The van der Waals surface area contributed by atoms with Crippen molar-refractivity contribution in [3.63, 3.8) is 0 Å². The predicted octanol–water partition coefficient (Wildman–Crippen LogP) is 0.818. The fraction of sp³-hybridized carbons (Fsp3) is 0.273. The predicted molar refractivity (Wildman–Crippen MR) is 64.3 cm³/mol. The Morgan fingerprint density at radius 1 is 1.00 bits per heavy atom. The molecule has 7 heteroatoms. The Morgan fingerprint density at radius 3 is 1.67 bits per heavy atom. The van der Waals surface area contributed by atoms with Crippen molar-refractivity contribution in [3.05, 3.63) is 34.9 Å². The molecule has 0 aliphatic carbocycles. The third-order valence-corrected chi connectivity index (χ3v) is 2.94. The van der Waals surface area contributed by atoms with Crippen LogP contribution in [-0.4, -0.2) is 32.4 Å². The minimum absolute atomic E-state index is 0.0229. The molecule has 0 aromatic heterocycles. The van der Waals surface area contributed by atoms with E-state index in [2.05, 4.69) is 15.9 Å². The minimum Gasteiger partial charge on any atom is -0.479 e. The molecule has 0 amide bonds. The topological polar surface area (TPSA) is 115 Å². The number of alkyl halides is 1. The summed E-state index contributed by atoms with van der Waals surface area (Å²) in [6, 6.07) is 4.00. The van der Waals surface area contributed by atoms with Crippen LogP contribution in [0.25, 0.3) is 0 Å². The molecule has 0 spiro atoms. The van der Waals surface area contributed by atoms with Crippen molar-refractivity contribution in [2.24, 2.45) is 0 Å². The highest BCUT2D eigenvalue weighted by Crippen LogP contribution is 2.23. The molecule has 1 rings (SSSR count). The van der Waals surface area contributed by atoms with Gasteiger partial charge in [0.1, 0.15) is 0 Å². The van der Waals surface area contributed by atoms with E-state index < -0.39 is 24.1 Å². The smallest absolute Gasteiger partial charge is 0.337 e. The van der Waals surface area contributed by atoms with Gasteiger partial charge in [-0.1, -0.05) is 28.1 Å². The van der Waals surface area contributed by atoms with Crippen LogP contribution in [0.1, 0.15) is 28.9 Å². The first-order valence-electron chi connectivity index (χ1n) is 4.88. The molecule has 0 aliphatic rings. The van der Waals surface area contributed by atoms with Crippen molar-refractivity contribution in [2.45, 2.75) is 17.5 Å². The summed E-state index contributed by atoms with van der Waals surface area (Å²) in [7, 11) is 0. The zero-order valence-electron chi connectivity index (χ0n) is 9.08. The van der Waals surface area contributed by atoms with Crippen molar-refractivity contribution in [2.75, 3.05) is 0 Å². The van der Waals surface area contributed by atoms with Crippen LogP contribution in [0.2, 0.25) is 0 Å². The van der Waals surface area contributed by atoms with Gasteiger partial charge in [-0.25, -0.2) is 9.59 Å². The molecule has 0 fully saturated rings. The minimum atomic E-state index is -1.76. The lowest BCUT2D eigenvalue weighted by Gasteiger charge is -2.12. The number of carboxylic acid groups (broad SMARTS) is 2. The Morgan fingerprint density at radius 2 is 1.39 bits per heavy atom. The summed E-state index contributed by atoms with van der Waals surface area (Å²) in [6.45, 7) is 0. The maximum absolute atomic E-state index is 10.7. The second-order valence-corrected chi connectivity index (χ2v) is 4.18. The first-order valence-corrected chi connectivity index (χ1v) is 6.00. The molecule has 0 saturated carbocycles. The maximum atomic E-state index is 10.7. The van der Waals surface area contributed by atoms with E-state index >= 15 is 0 Å². The molecule has 0 saturated heterocycles. The summed E-state index contributed by atoms with van der Waals surface area (Å²) >= 11 is 3.14. The number of hydrogen-bond acceptors (Lipinski definition) is 4. The van der Waals surface area contributed by atoms with Crippen LogP contribution in [0.15, 0.2) is 18.2 Å². The molecule has 0 radical (unpaired) electrons. The summed E-state index contributed by atoms with van der Waals surface area (Å²) in [5, 5.41) is 36.6. The summed E-state index contributed by atoms with van der Waals surface area (Å²) < 4.78 is 0. The third-order valence-electron chi connectivity index (χ3n) is 2.29. The Labute approximate surface area is 111 Å². The fourth-order valence-electron chi connectivity index (χ4n) is 1.42. The van der Waals surface area contributed by atoms with Gasteiger partial charge in [0.05, 0.1) is 0 Å². The highest BCUT2D eigenvalue weighted by atomic mass is 79.9. The van der Waals surface area contributed by atoms with Gasteiger partial charge in [-0.15, -0.1) is 0 Å². The van der Waals surface area contributed by atoms with Crippen molar-refractivity contribution >= 4 is 27.9 Å². The van der Waals surface area contributed by atoms with Crippen LogP contribution < -0.4 is 0 Å². The number of aliphatic hydroxyl groups excluding tert-OH is 2. The van der Waals surface area contributed by atoms with Crippen LogP contribution in [0.5, 0.6) is 0 Å². The Bertz CT molecular complexity index is 434. The van der Waals surface area contributed by atoms with E-state index in [0.29, 0.717) is 10.9 Å². The number of aliphatic carboxylic acids is 2. The van der Waals surface area contributed by atoms with Crippen molar-refractivity contribution in [1.82, 2.24) is 0 Å². The Balaban J connectivity index is 3.25. The van der Waals surface area contributed by atoms with Gasteiger partial charge < -0.3 is 20.4 Å². The molecule has 18 heavy (non-hydrogen) atoms. The van der Waals surface area contributed by atoms with Gasteiger partial charge in [0.2, 0.25) is 0 Å². The quantitative estimate of drug-likeness (QED) is 0.597. The van der Waals surface area contributed by atoms with Gasteiger partial charge >= 0.3 is 11.9 Å². The zero-order chi connectivity index (χ0) is 13.9. The van der Waals surface area contributed by atoms with E-state index in [1.54, 1.807) is 0 Å². The fourth-order valence-corrected chi connectivity index (χ4v) is 1.75. The third kappa shape index (κ3) is 3.28. The lowest BCUT2D eigenvalue weighted by atomic mass is 9.99. The Kier molecular flexibility index (Phi) is 4.83. The number of aliphatic hydroxyl groups is 2. The van der Waals surface area contributed by atoms with E-state index in [1.165, 1.54) is 12.1 Å². The molecule has 2 unspecified atom stereocenters. The highest BCUT2D eigenvalue weighted by molar-refractivity contribution is 9.08. The van der Waals surface area contributed by atoms with Gasteiger partial charge in [-0.3, -0.25) is 0 Å². The number of hydrogen-bond donors (Lipinski definition) is 4. The van der Waals surface area contributed by atoms with Crippen molar-refractivity contribution in [3.8, 4) is 0 Å². The van der Waals surface area contributed by atoms with Crippen LogP contribution in [0.4, 0.5) is 0 Å². The van der Waals surface area contributed by atoms with Gasteiger partial charge in [0.15, 0.2) is 12.2 Å². The second kappa shape index (κ2) is 5.94. The average Bonchev–Trinajstić information content (AvgIpc) is 2.35. The summed E-state index contributed by atoms with van der Waals surface area (Å²) in [5.41, 5.74) is 0.604. The SMILES string of the molecule is O=C(O)C(O)c1cc(CBr)cc(C(O)C(=O)O)c1. The first-order chi connectivity index (χ1) is 8.36. The molecule has 6 nitrogen and oxygen atoms in total. The molecule has 98 valence electrons. The zero-order valence-corrected chi connectivity index (χ0v) is 10.7. The van der Waals surface area contributed by atoms with Crippen LogP contribution in [0.3, 0.4) is 0 Å². The summed E-state index contributed by atoms with van der Waals surface area (Å²) in [6.07, 6.45) is -3.52. The lowest BCUT2D eigenvalue weighted by Crippen LogP contribution is -2.14. The molecule has 4 N–H and O–H groups in total. The van der Waals surface area contributed by atoms with Crippen molar-refractivity contribution < 1.29 is 30.0 Å². The number of benzene rings is 1. The second-order valence-electron chi connectivity index (χ2n) is 3.62. The van der Waals surface area contributed by atoms with Crippen LogP contribution >= 0.6 is 15.9 Å².